The van der Waals surface area contributed by atoms with Crippen LogP contribution in [0.3, 0.4) is 0 Å². The first-order valence-corrected chi connectivity index (χ1v) is 7.58. The summed E-state index contributed by atoms with van der Waals surface area (Å²) < 4.78 is 5.52. The molecule has 3 rings (SSSR count). The Kier molecular flexibility index (Phi) is 3.96. The predicted octanol–water partition coefficient (Wildman–Crippen LogP) is 2.95. The smallest absolute Gasteiger partial charge is 0.235 e. The third-order valence-electron chi connectivity index (χ3n) is 3.58. The van der Waals surface area contributed by atoms with Gasteiger partial charge >= 0.3 is 0 Å². The Labute approximate surface area is 139 Å². The molecule has 0 aliphatic rings. The third-order valence-corrected chi connectivity index (χ3v) is 3.58. The van der Waals surface area contributed by atoms with Crippen molar-refractivity contribution in [1.29, 1.82) is 5.26 Å². The average molecular weight is 322 g/mol. The molecule has 0 saturated carbocycles. The van der Waals surface area contributed by atoms with Gasteiger partial charge in [-0.3, -0.25) is 0 Å². The molecule has 0 aliphatic carbocycles. The van der Waals surface area contributed by atoms with Crippen LogP contribution in [-0.4, -0.2) is 32.3 Å². The van der Waals surface area contributed by atoms with Crippen molar-refractivity contribution < 1.29 is 9.84 Å². The molecule has 0 spiro atoms. The van der Waals surface area contributed by atoms with E-state index in [1.165, 1.54) is 0 Å². The SMILES string of the molecule is Cc1nc(-c2c[nH]c3c(C#N)cccc23)cnc1OCC(C)(C)O. The number of fused-ring (bicyclic) bond motifs is 1. The van der Waals surface area contributed by atoms with Gasteiger partial charge in [0.2, 0.25) is 5.88 Å². The number of aryl methyl sites for hydroxylation is 1. The third kappa shape index (κ3) is 3.07. The monoisotopic (exact) mass is 322 g/mol. The molecular formula is C18H18N4O2. The molecule has 24 heavy (non-hydrogen) atoms. The lowest BCUT2D eigenvalue weighted by Gasteiger charge is -2.17. The van der Waals surface area contributed by atoms with Crippen LogP contribution >= 0.6 is 0 Å². The van der Waals surface area contributed by atoms with E-state index in [-0.39, 0.29) is 6.61 Å². The summed E-state index contributed by atoms with van der Waals surface area (Å²) in [5, 5.41) is 19.8. The Balaban J connectivity index is 1.97. The van der Waals surface area contributed by atoms with Gasteiger partial charge in [-0.15, -0.1) is 0 Å². The van der Waals surface area contributed by atoms with E-state index in [0.29, 0.717) is 22.8 Å². The van der Waals surface area contributed by atoms with Gasteiger partial charge in [-0.1, -0.05) is 12.1 Å². The van der Waals surface area contributed by atoms with Gasteiger partial charge in [0.05, 0.1) is 28.6 Å². The van der Waals surface area contributed by atoms with Crippen LogP contribution in [0.25, 0.3) is 22.2 Å². The molecule has 0 fully saturated rings. The van der Waals surface area contributed by atoms with Crippen LogP contribution in [0.15, 0.2) is 30.6 Å². The molecule has 3 aromatic rings. The van der Waals surface area contributed by atoms with Crippen molar-refractivity contribution in [1.82, 2.24) is 15.0 Å². The minimum absolute atomic E-state index is 0.139. The van der Waals surface area contributed by atoms with Gasteiger partial charge in [0, 0.05) is 17.1 Å². The number of hydrogen-bond acceptors (Lipinski definition) is 5. The van der Waals surface area contributed by atoms with Crippen molar-refractivity contribution in [3.63, 3.8) is 0 Å². The molecule has 2 aromatic heterocycles. The van der Waals surface area contributed by atoms with Crippen molar-refractivity contribution in [2.75, 3.05) is 6.61 Å². The largest absolute Gasteiger partial charge is 0.473 e. The lowest BCUT2D eigenvalue weighted by atomic mass is 10.1. The van der Waals surface area contributed by atoms with Crippen molar-refractivity contribution in [3.8, 4) is 23.2 Å². The number of nitriles is 1. The van der Waals surface area contributed by atoms with Crippen LogP contribution in [0.1, 0.15) is 25.1 Å². The summed E-state index contributed by atoms with van der Waals surface area (Å²) in [6, 6.07) is 7.73. The molecular weight excluding hydrogens is 304 g/mol. The van der Waals surface area contributed by atoms with Crippen LogP contribution in [-0.2, 0) is 0 Å². The summed E-state index contributed by atoms with van der Waals surface area (Å²) >= 11 is 0. The Bertz CT molecular complexity index is 932. The minimum Gasteiger partial charge on any atom is -0.473 e. The fourth-order valence-electron chi connectivity index (χ4n) is 2.45. The summed E-state index contributed by atoms with van der Waals surface area (Å²) in [6.45, 7) is 5.29. The number of hydrogen-bond donors (Lipinski definition) is 2. The van der Waals surface area contributed by atoms with Crippen molar-refractivity contribution >= 4 is 10.9 Å². The quantitative estimate of drug-likeness (QED) is 0.770. The Morgan fingerprint density at radius 2 is 2.17 bits per heavy atom. The summed E-state index contributed by atoms with van der Waals surface area (Å²) in [5.41, 5.74) is 2.67. The molecule has 0 bridgehead atoms. The molecule has 6 nitrogen and oxygen atoms in total. The molecule has 0 amide bonds. The topological polar surface area (TPSA) is 94.8 Å². The summed E-state index contributed by atoms with van der Waals surface area (Å²) in [6.07, 6.45) is 3.46. The van der Waals surface area contributed by atoms with Crippen LogP contribution in [0.2, 0.25) is 0 Å². The zero-order valence-corrected chi connectivity index (χ0v) is 13.8. The first-order valence-electron chi connectivity index (χ1n) is 7.58. The Hall–Kier alpha value is -2.91. The van der Waals surface area contributed by atoms with Gasteiger partial charge in [0.1, 0.15) is 18.4 Å². The van der Waals surface area contributed by atoms with E-state index in [4.69, 9.17) is 4.74 Å². The lowest BCUT2D eigenvalue weighted by Crippen LogP contribution is -2.28. The summed E-state index contributed by atoms with van der Waals surface area (Å²) in [5.74, 6) is 0.401. The second kappa shape index (κ2) is 5.95. The summed E-state index contributed by atoms with van der Waals surface area (Å²) in [7, 11) is 0. The highest BCUT2D eigenvalue weighted by atomic mass is 16.5. The zero-order valence-electron chi connectivity index (χ0n) is 13.8. The minimum atomic E-state index is -0.933. The van der Waals surface area contributed by atoms with E-state index < -0.39 is 5.60 Å². The number of nitrogens with one attached hydrogen (secondary N) is 1. The number of aromatic nitrogens is 3. The molecule has 6 heteroatoms. The van der Waals surface area contributed by atoms with Gasteiger partial charge in [-0.05, 0) is 26.8 Å². The van der Waals surface area contributed by atoms with Crippen LogP contribution in [0.5, 0.6) is 5.88 Å². The first kappa shape index (κ1) is 16.0. The van der Waals surface area contributed by atoms with Gasteiger partial charge in [-0.2, -0.15) is 5.26 Å². The average Bonchev–Trinajstić information content (AvgIpc) is 2.96. The van der Waals surface area contributed by atoms with Crippen molar-refractivity contribution in [3.05, 3.63) is 41.9 Å². The fourth-order valence-corrected chi connectivity index (χ4v) is 2.45. The number of benzene rings is 1. The maximum Gasteiger partial charge on any atom is 0.235 e. The van der Waals surface area contributed by atoms with E-state index in [1.807, 2.05) is 25.3 Å². The number of para-hydroxylation sites is 1. The van der Waals surface area contributed by atoms with Gasteiger partial charge in [-0.25, -0.2) is 9.97 Å². The van der Waals surface area contributed by atoms with E-state index in [2.05, 4.69) is 21.0 Å². The Morgan fingerprint density at radius 3 is 2.83 bits per heavy atom. The highest BCUT2D eigenvalue weighted by molar-refractivity contribution is 5.97. The number of ether oxygens (including phenoxy) is 1. The maximum atomic E-state index is 9.74. The summed E-state index contributed by atoms with van der Waals surface area (Å²) in [4.78, 5) is 12.0. The highest BCUT2D eigenvalue weighted by Crippen LogP contribution is 2.29. The fraction of sp³-hybridized carbons (Fsp3) is 0.278. The second-order valence-corrected chi connectivity index (χ2v) is 6.29. The maximum absolute atomic E-state index is 9.74. The number of rotatable bonds is 4. The van der Waals surface area contributed by atoms with Crippen LogP contribution in [0, 0.1) is 18.3 Å². The van der Waals surface area contributed by atoms with Crippen LogP contribution in [0.4, 0.5) is 0 Å². The normalized spacial score (nSPS) is 11.5. The highest BCUT2D eigenvalue weighted by Gasteiger charge is 2.16. The molecule has 122 valence electrons. The van der Waals surface area contributed by atoms with Gasteiger partial charge in [0.25, 0.3) is 0 Å². The number of nitrogens with zero attached hydrogens (tertiary/aromatic N) is 3. The standard InChI is InChI=1S/C18H18N4O2/c1-11-17(24-10-18(2,3)23)21-9-15(22-11)14-8-20-16-12(7-19)5-4-6-13(14)16/h4-6,8-9,20,23H,10H2,1-3H3. The Morgan fingerprint density at radius 1 is 1.38 bits per heavy atom. The predicted molar refractivity (Wildman–Crippen MR) is 90.6 cm³/mol. The molecule has 0 radical (unpaired) electrons. The van der Waals surface area contributed by atoms with E-state index in [0.717, 1.165) is 16.5 Å². The van der Waals surface area contributed by atoms with Crippen LogP contribution < -0.4 is 4.74 Å². The molecule has 0 saturated heterocycles. The molecule has 2 heterocycles. The molecule has 0 aliphatic heterocycles. The lowest BCUT2D eigenvalue weighted by molar-refractivity contribution is 0.0264. The number of aromatic amines is 1. The van der Waals surface area contributed by atoms with Crippen molar-refractivity contribution in [2.24, 2.45) is 0 Å². The molecule has 2 N–H and O–H groups in total. The zero-order chi connectivity index (χ0) is 17.3. The molecule has 0 unspecified atom stereocenters. The van der Waals surface area contributed by atoms with Gasteiger partial charge in [0.15, 0.2) is 0 Å². The second-order valence-electron chi connectivity index (χ2n) is 6.29. The van der Waals surface area contributed by atoms with E-state index in [1.54, 1.807) is 26.1 Å². The van der Waals surface area contributed by atoms with Crippen molar-refractivity contribution in [2.45, 2.75) is 26.4 Å². The van der Waals surface area contributed by atoms with E-state index in [9.17, 15) is 10.4 Å². The molecule has 0 atom stereocenters. The number of H-pyrrole nitrogens is 1. The first-order chi connectivity index (χ1) is 11.4. The number of aliphatic hydroxyl groups is 1. The molecule has 1 aromatic carbocycles. The van der Waals surface area contributed by atoms with E-state index >= 15 is 0 Å². The van der Waals surface area contributed by atoms with Gasteiger partial charge < -0.3 is 14.8 Å².